The molecule has 6 nitrogen and oxygen atoms in total. The second-order valence-corrected chi connectivity index (χ2v) is 6.44. The van der Waals surface area contributed by atoms with Crippen LogP contribution in [-0.2, 0) is 4.74 Å². The third-order valence-corrected chi connectivity index (χ3v) is 4.77. The molecule has 0 atom stereocenters. The predicted molar refractivity (Wildman–Crippen MR) is 97.5 cm³/mol. The van der Waals surface area contributed by atoms with Gasteiger partial charge in [-0.25, -0.2) is 9.50 Å². The summed E-state index contributed by atoms with van der Waals surface area (Å²) < 4.78 is 7.62. The lowest BCUT2D eigenvalue weighted by molar-refractivity contribution is 0.0346. The molecule has 1 saturated carbocycles. The van der Waals surface area contributed by atoms with E-state index in [1.54, 1.807) is 12.4 Å². The normalized spacial score (nSPS) is 20.7. The number of nitrogens with zero attached hydrogens (tertiary/aromatic N) is 4. The van der Waals surface area contributed by atoms with Crippen molar-refractivity contribution in [2.45, 2.75) is 44.8 Å². The van der Waals surface area contributed by atoms with Crippen molar-refractivity contribution in [1.82, 2.24) is 19.6 Å². The Bertz CT molecular complexity index is 824. The second kappa shape index (κ2) is 7.19. The molecule has 4 rings (SSSR count). The zero-order chi connectivity index (χ0) is 17.1. The molecule has 1 N–H and O–H groups in total. The van der Waals surface area contributed by atoms with Crippen LogP contribution in [-0.4, -0.2) is 38.3 Å². The lowest BCUT2D eigenvalue weighted by atomic mass is 9.93. The molecule has 3 heterocycles. The van der Waals surface area contributed by atoms with E-state index >= 15 is 0 Å². The first-order valence-corrected chi connectivity index (χ1v) is 8.97. The molecule has 0 bridgehead atoms. The van der Waals surface area contributed by atoms with Gasteiger partial charge in [-0.1, -0.05) is 0 Å². The molecule has 130 valence electrons. The quantitative estimate of drug-likeness (QED) is 0.771. The zero-order valence-electron chi connectivity index (χ0n) is 14.4. The highest BCUT2D eigenvalue weighted by atomic mass is 16.5. The fourth-order valence-corrected chi connectivity index (χ4v) is 3.49. The number of rotatable bonds is 5. The van der Waals surface area contributed by atoms with Gasteiger partial charge in [0.15, 0.2) is 5.65 Å². The van der Waals surface area contributed by atoms with Crippen LogP contribution in [0.1, 0.15) is 32.6 Å². The van der Waals surface area contributed by atoms with Gasteiger partial charge in [0.25, 0.3) is 0 Å². The smallest absolute Gasteiger partial charge is 0.154 e. The number of imidazole rings is 1. The van der Waals surface area contributed by atoms with Gasteiger partial charge in [0.1, 0.15) is 5.82 Å². The van der Waals surface area contributed by atoms with Gasteiger partial charge in [0.05, 0.1) is 18.0 Å². The van der Waals surface area contributed by atoms with Crippen LogP contribution in [0.3, 0.4) is 0 Å². The van der Waals surface area contributed by atoms with Crippen molar-refractivity contribution in [2.75, 3.05) is 11.9 Å². The number of aromatic nitrogens is 4. The summed E-state index contributed by atoms with van der Waals surface area (Å²) in [4.78, 5) is 8.53. The zero-order valence-corrected chi connectivity index (χ0v) is 14.4. The minimum Gasteiger partial charge on any atom is -0.379 e. The van der Waals surface area contributed by atoms with E-state index in [4.69, 9.17) is 9.84 Å². The van der Waals surface area contributed by atoms with Crippen molar-refractivity contribution in [2.24, 2.45) is 0 Å². The van der Waals surface area contributed by atoms with Crippen LogP contribution in [0.25, 0.3) is 16.9 Å². The van der Waals surface area contributed by atoms with Crippen LogP contribution in [0.4, 0.5) is 5.82 Å². The molecule has 0 aromatic carbocycles. The van der Waals surface area contributed by atoms with E-state index in [2.05, 4.69) is 22.2 Å². The molecule has 0 unspecified atom stereocenters. The van der Waals surface area contributed by atoms with Gasteiger partial charge in [0, 0.05) is 30.6 Å². The number of ether oxygens (including phenoxy) is 1. The Morgan fingerprint density at radius 2 is 1.92 bits per heavy atom. The van der Waals surface area contributed by atoms with Gasteiger partial charge in [-0.2, -0.15) is 0 Å². The molecule has 1 aliphatic carbocycles. The van der Waals surface area contributed by atoms with Crippen LogP contribution in [0.15, 0.2) is 42.9 Å². The maximum absolute atomic E-state index is 5.73. The fraction of sp³-hybridized carbons (Fsp3) is 0.421. The number of nitrogens with one attached hydrogen (secondary N) is 1. The minimum absolute atomic E-state index is 0.422. The monoisotopic (exact) mass is 337 g/mol. The fourth-order valence-electron chi connectivity index (χ4n) is 3.49. The topological polar surface area (TPSA) is 64.3 Å². The van der Waals surface area contributed by atoms with Crippen molar-refractivity contribution in [3.05, 3.63) is 42.9 Å². The summed E-state index contributed by atoms with van der Waals surface area (Å²) in [6.07, 6.45) is 10.3. The van der Waals surface area contributed by atoms with Gasteiger partial charge < -0.3 is 10.1 Å². The van der Waals surface area contributed by atoms with Gasteiger partial charge in [-0.15, -0.1) is 5.10 Å². The third kappa shape index (κ3) is 3.49. The Morgan fingerprint density at radius 3 is 2.68 bits per heavy atom. The van der Waals surface area contributed by atoms with Gasteiger partial charge in [0.2, 0.25) is 0 Å². The van der Waals surface area contributed by atoms with Crippen molar-refractivity contribution >= 4 is 11.5 Å². The van der Waals surface area contributed by atoms with Crippen molar-refractivity contribution in [3.8, 4) is 11.3 Å². The first-order chi connectivity index (χ1) is 12.3. The summed E-state index contributed by atoms with van der Waals surface area (Å²) in [5, 5.41) is 8.33. The average Bonchev–Trinajstić information content (AvgIpc) is 3.08. The summed E-state index contributed by atoms with van der Waals surface area (Å²) in [5.41, 5.74) is 2.88. The lowest BCUT2D eigenvalue weighted by Crippen LogP contribution is -2.30. The van der Waals surface area contributed by atoms with Crippen LogP contribution in [0, 0.1) is 0 Å². The maximum Gasteiger partial charge on any atom is 0.154 e. The van der Waals surface area contributed by atoms with Crippen LogP contribution < -0.4 is 5.32 Å². The molecule has 3 aromatic heterocycles. The molecule has 1 fully saturated rings. The number of anilines is 1. The number of fused-ring (bicyclic) bond motifs is 1. The Hall–Kier alpha value is -2.47. The van der Waals surface area contributed by atoms with E-state index in [0.717, 1.165) is 55.0 Å². The van der Waals surface area contributed by atoms with Gasteiger partial charge in [-0.05, 0) is 56.9 Å². The molecular formula is C19H23N5O. The van der Waals surface area contributed by atoms with Gasteiger partial charge >= 0.3 is 0 Å². The highest BCUT2D eigenvalue weighted by molar-refractivity contribution is 5.63. The predicted octanol–water partition coefficient (Wildman–Crippen LogP) is 3.55. The summed E-state index contributed by atoms with van der Waals surface area (Å²) in [7, 11) is 0. The highest BCUT2D eigenvalue weighted by Crippen LogP contribution is 2.24. The summed E-state index contributed by atoms with van der Waals surface area (Å²) >= 11 is 0. The molecule has 0 amide bonds. The minimum atomic E-state index is 0.422. The lowest BCUT2D eigenvalue weighted by Gasteiger charge is -2.29. The Balaban J connectivity index is 1.52. The summed E-state index contributed by atoms with van der Waals surface area (Å²) in [6, 6.07) is 8.41. The summed E-state index contributed by atoms with van der Waals surface area (Å²) in [5.74, 6) is 0.890. The van der Waals surface area contributed by atoms with Crippen LogP contribution in [0.2, 0.25) is 0 Å². The average molecular weight is 337 g/mol. The largest absolute Gasteiger partial charge is 0.379 e. The standard InChI is InChI=1S/C19H23N5O/c1-2-25-16-5-3-15(4-6-16)22-18-7-8-19-21-13-17(24(19)23-18)14-9-11-20-12-10-14/h7-13,15-16H,2-6H2,1H3,(H,22,23)/t15-,16-. The van der Waals surface area contributed by atoms with E-state index in [9.17, 15) is 0 Å². The second-order valence-electron chi connectivity index (χ2n) is 6.44. The molecular weight excluding hydrogens is 314 g/mol. The van der Waals surface area contributed by atoms with E-state index in [1.807, 2.05) is 35.0 Å². The van der Waals surface area contributed by atoms with Crippen molar-refractivity contribution in [1.29, 1.82) is 0 Å². The Morgan fingerprint density at radius 1 is 1.12 bits per heavy atom. The SMILES string of the molecule is CCO[C@H]1CC[C@H](Nc2ccc3ncc(-c4ccncc4)n3n2)CC1. The van der Waals surface area contributed by atoms with Crippen molar-refractivity contribution in [3.63, 3.8) is 0 Å². The van der Waals surface area contributed by atoms with Crippen LogP contribution in [0.5, 0.6) is 0 Å². The molecule has 6 heteroatoms. The number of pyridine rings is 1. The van der Waals surface area contributed by atoms with E-state index < -0.39 is 0 Å². The first-order valence-electron chi connectivity index (χ1n) is 8.97. The third-order valence-electron chi connectivity index (χ3n) is 4.77. The first kappa shape index (κ1) is 16.0. The molecule has 3 aromatic rings. The van der Waals surface area contributed by atoms with Crippen LogP contribution >= 0.6 is 0 Å². The molecule has 0 radical (unpaired) electrons. The molecule has 0 aliphatic heterocycles. The van der Waals surface area contributed by atoms with E-state index in [1.165, 1.54) is 0 Å². The van der Waals surface area contributed by atoms with E-state index in [0.29, 0.717) is 12.1 Å². The summed E-state index contributed by atoms with van der Waals surface area (Å²) in [6.45, 7) is 2.87. The number of hydrogen-bond donors (Lipinski definition) is 1. The Labute approximate surface area is 147 Å². The Kier molecular flexibility index (Phi) is 4.61. The molecule has 25 heavy (non-hydrogen) atoms. The van der Waals surface area contributed by atoms with Gasteiger partial charge in [-0.3, -0.25) is 4.98 Å². The van der Waals surface area contributed by atoms with E-state index in [-0.39, 0.29) is 0 Å². The molecule has 1 aliphatic rings. The molecule has 0 spiro atoms. The highest BCUT2D eigenvalue weighted by Gasteiger charge is 2.21. The van der Waals surface area contributed by atoms with Crippen molar-refractivity contribution < 1.29 is 4.74 Å². The maximum atomic E-state index is 5.73. The molecule has 0 saturated heterocycles. The number of hydrogen-bond acceptors (Lipinski definition) is 5.